The second-order valence-corrected chi connectivity index (χ2v) is 4.85. The van der Waals surface area contributed by atoms with Gasteiger partial charge < -0.3 is 10.1 Å². The van der Waals surface area contributed by atoms with Crippen molar-refractivity contribution >= 4 is 6.03 Å². The van der Waals surface area contributed by atoms with Gasteiger partial charge in [0.1, 0.15) is 0 Å². The molecule has 0 spiro atoms. The smallest absolute Gasteiger partial charge is 0.329 e. The number of carbonyl (C=O) groups is 1. The van der Waals surface area contributed by atoms with Gasteiger partial charge in [0.15, 0.2) is 0 Å². The monoisotopic (exact) mass is 287 g/mol. The Morgan fingerprint density at radius 3 is 2.81 bits per heavy atom. The summed E-state index contributed by atoms with van der Waals surface area (Å²) < 4.78 is 6.91. The Morgan fingerprint density at radius 2 is 2.10 bits per heavy atom. The van der Waals surface area contributed by atoms with Crippen molar-refractivity contribution in [1.82, 2.24) is 14.9 Å². The molecule has 21 heavy (non-hydrogen) atoms. The Morgan fingerprint density at radius 1 is 1.33 bits per heavy atom. The molecule has 2 aromatic rings. The predicted octanol–water partition coefficient (Wildman–Crippen LogP) is 2.78. The van der Waals surface area contributed by atoms with Gasteiger partial charge in [-0.15, -0.1) is 0 Å². The molecule has 5 heteroatoms. The molecule has 0 fully saturated rings. The quantitative estimate of drug-likeness (QED) is 0.888. The zero-order valence-corrected chi connectivity index (χ0v) is 12.5. The van der Waals surface area contributed by atoms with Crippen molar-refractivity contribution in [3.8, 4) is 6.01 Å². The summed E-state index contributed by atoms with van der Waals surface area (Å²) in [6, 6.07) is 10.2. The van der Waals surface area contributed by atoms with E-state index in [9.17, 15) is 4.79 Å². The van der Waals surface area contributed by atoms with E-state index in [-0.39, 0.29) is 6.03 Å². The molecule has 0 unspecified atom stereocenters. The second-order valence-electron chi connectivity index (χ2n) is 4.85. The maximum absolute atomic E-state index is 12.2. The van der Waals surface area contributed by atoms with Crippen LogP contribution in [0.3, 0.4) is 0 Å². The van der Waals surface area contributed by atoms with Crippen molar-refractivity contribution < 1.29 is 9.53 Å². The fourth-order valence-electron chi connectivity index (χ4n) is 1.96. The van der Waals surface area contributed by atoms with Crippen LogP contribution in [0.2, 0.25) is 0 Å². The first-order valence-electron chi connectivity index (χ1n) is 7.21. The Hall–Kier alpha value is -2.30. The number of benzene rings is 1. The van der Waals surface area contributed by atoms with E-state index in [1.165, 1.54) is 10.1 Å². The minimum Gasteiger partial charge on any atom is -0.464 e. The maximum Gasteiger partial charge on any atom is 0.329 e. The van der Waals surface area contributed by atoms with E-state index in [0.29, 0.717) is 19.2 Å². The summed E-state index contributed by atoms with van der Waals surface area (Å²) in [6.07, 6.45) is 3.36. The first-order valence-corrected chi connectivity index (χ1v) is 7.21. The van der Waals surface area contributed by atoms with E-state index in [1.807, 2.05) is 44.2 Å². The number of ether oxygens (including phenoxy) is 1. The molecule has 1 aromatic carbocycles. The van der Waals surface area contributed by atoms with E-state index >= 15 is 0 Å². The minimum absolute atomic E-state index is 0.211. The highest BCUT2D eigenvalue weighted by molar-refractivity contribution is 5.78. The SMILES string of the molecule is CCCOc1nc(C)cn1C(=O)NCCc1ccccc1. The highest BCUT2D eigenvalue weighted by Crippen LogP contribution is 2.11. The molecule has 0 aliphatic rings. The molecule has 0 aliphatic carbocycles. The number of rotatable bonds is 6. The molecule has 0 aliphatic heterocycles. The number of carbonyl (C=O) groups excluding carboxylic acids is 1. The van der Waals surface area contributed by atoms with Crippen LogP contribution in [0.4, 0.5) is 4.79 Å². The van der Waals surface area contributed by atoms with Crippen molar-refractivity contribution in [2.45, 2.75) is 26.7 Å². The summed E-state index contributed by atoms with van der Waals surface area (Å²) in [5.41, 5.74) is 1.96. The number of aromatic nitrogens is 2. The van der Waals surface area contributed by atoms with E-state index in [4.69, 9.17) is 4.74 Å². The molecule has 0 atom stereocenters. The summed E-state index contributed by atoms with van der Waals surface area (Å²) >= 11 is 0. The summed E-state index contributed by atoms with van der Waals surface area (Å²) in [6.45, 7) is 4.98. The van der Waals surface area contributed by atoms with Crippen LogP contribution in [0, 0.1) is 6.92 Å². The molecule has 112 valence electrons. The van der Waals surface area contributed by atoms with Crippen LogP contribution in [0.5, 0.6) is 6.01 Å². The largest absolute Gasteiger partial charge is 0.464 e. The van der Waals surface area contributed by atoms with Crippen LogP contribution in [0.25, 0.3) is 0 Å². The normalized spacial score (nSPS) is 10.4. The Kier molecular flexibility index (Phi) is 5.37. The predicted molar refractivity (Wildman–Crippen MR) is 81.7 cm³/mol. The van der Waals surface area contributed by atoms with Gasteiger partial charge in [0, 0.05) is 12.7 Å². The van der Waals surface area contributed by atoms with Crippen molar-refractivity contribution in [2.24, 2.45) is 0 Å². The number of hydrogen-bond acceptors (Lipinski definition) is 3. The molecular weight excluding hydrogens is 266 g/mol. The van der Waals surface area contributed by atoms with Crippen molar-refractivity contribution in [1.29, 1.82) is 0 Å². The molecule has 1 N–H and O–H groups in total. The number of hydrogen-bond donors (Lipinski definition) is 1. The summed E-state index contributed by atoms with van der Waals surface area (Å²) in [7, 11) is 0. The molecule has 5 nitrogen and oxygen atoms in total. The molecule has 2 rings (SSSR count). The molecule has 1 heterocycles. The van der Waals surface area contributed by atoms with Crippen molar-refractivity contribution in [3.05, 3.63) is 47.8 Å². The van der Waals surface area contributed by atoms with Gasteiger partial charge in [0.2, 0.25) is 0 Å². The minimum atomic E-state index is -0.211. The van der Waals surface area contributed by atoms with Gasteiger partial charge in [-0.25, -0.2) is 14.3 Å². The number of aryl methyl sites for hydroxylation is 1. The fraction of sp³-hybridized carbons (Fsp3) is 0.375. The van der Waals surface area contributed by atoms with Gasteiger partial charge in [-0.1, -0.05) is 37.3 Å². The molecular formula is C16H21N3O2. The zero-order chi connectivity index (χ0) is 15.1. The number of nitrogens with zero attached hydrogens (tertiary/aromatic N) is 2. The molecule has 0 saturated carbocycles. The molecule has 1 amide bonds. The molecule has 1 aromatic heterocycles. The van der Waals surface area contributed by atoms with Gasteiger partial charge in [-0.05, 0) is 25.3 Å². The van der Waals surface area contributed by atoms with E-state index in [1.54, 1.807) is 6.20 Å². The van der Waals surface area contributed by atoms with Crippen LogP contribution in [-0.2, 0) is 6.42 Å². The lowest BCUT2D eigenvalue weighted by atomic mass is 10.1. The first kappa shape index (κ1) is 15.1. The first-order chi connectivity index (χ1) is 10.2. The van der Waals surface area contributed by atoms with Gasteiger partial charge in [-0.2, -0.15) is 0 Å². The number of amides is 1. The second kappa shape index (κ2) is 7.47. The van der Waals surface area contributed by atoms with E-state index in [0.717, 1.165) is 18.5 Å². The average Bonchev–Trinajstić information content (AvgIpc) is 2.87. The molecule has 0 saturated heterocycles. The van der Waals surface area contributed by atoms with Crippen LogP contribution in [0.15, 0.2) is 36.5 Å². The third-order valence-electron chi connectivity index (χ3n) is 2.98. The van der Waals surface area contributed by atoms with E-state index in [2.05, 4.69) is 10.3 Å². The van der Waals surface area contributed by atoms with Gasteiger partial charge in [-0.3, -0.25) is 0 Å². The summed E-state index contributed by atoms with van der Waals surface area (Å²) in [5, 5.41) is 2.88. The fourth-order valence-corrected chi connectivity index (χ4v) is 1.96. The summed E-state index contributed by atoms with van der Waals surface area (Å²) in [5.74, 6) is 0. The van der Waals surface area contributed by atoms with Gasteiger partial charge in [0.05, 0.1) is 12.3 Å². The van der Waals surface area contributed by atoms with Crippen LogP contribution < -0.4 is 10.1 Å². The number of imidazole rings is 1. The Bertz CT molecular complexity index is 578. The van der Waals surface area contributed by atoms with Crippen LogP contribution in [-0.4, -0.2) is 28.7 Å². The lowest BCUT2D eigenvalue weighted by Crippen LogP contribution is -2.30. The highest BCUT2D eigenvalue weighted by atomic mass is 16.5. The highest BCUT2D eigenvalue weighted by Gasteiger charge is 2.13. The Labute approximate surface area is 125 Å². The summed E-state index contributed by atoms with van der Waals surface area (Å²) in [4.78, 5) is 16.4. The van der Waals surface area contributed by atoms with Gasteiger partial charge >= 0.3 is 12.0 Å². The molecule has 0 radical (unpaired) electrons. The Balaban J connectivity index is 1.91. The van der Waals surface area contributed by atoms with E-state index < -0.39 is 0 Å². The standard InChI is InChI=1S/C16H21N3O2/c1-3-11-21-16-18-13(2)12-19(16)15(20)17-10-9-14-7-5-4-6-8-14/h4-8,12H,3,9-11H2,1-2H3,(H,17,20). The average molecular weight is 287 g/mol. The van der Waals surface area contributed by atoms with Gasteiger partial charge in [0.25, 0.3) is 0 Å². The third kappa shape index (κ3) is 4.34. The zero-order valence-electron chi connectivity index (χ0n) is 12.5. The van der Waals surface area contributed by atoms with Crippen molar-refractivity contribution in [3.63, 3.8) is 0 Å². The third-order valence-corrected chi connectivity index (χ3v) is 2.98. The lowest BCUT2D eigenvalue weighted by Gasteiger charge is -2.09. The topological polar surface area (TPSA) is 56.2 Å². The maximum atomic E-state index is 12.2. The molecule has 0 bridgehead atoms. The van der Waals surface area contributed by atoms with Crippen molar-refractivity contribution in [2.75, 3.05) is 13.2 Å². The van der Waals surface area contributed by atoms with Crippen LogP contribution >= 0.6 is 0 Å². The lowest BCUT2D eigenvalue weighted by molar-refractivity contribution is 0.233. The van der Waals surface area contributed by atoms with Crippen LogP contribution in [0.1, 0.15) is 24.6 Å². The number of nitrogens with one attached hydrogen (secondary N) is 1.